The highest BCUT2D eigenvalue weighted by atomic mass is 35.5. The monoisotopic (exact) mass is 520 g/mol. The van der Waals surface area contributed by atoms with Gasteiger partial charge in [0.05, 0.1) is 0 Å². The number of benzene rings is 5. The summed E-state index contributed by atoms with van der Waals surface area (Å²) in [6.07, 6.45) is 0. The fraction of sp³-hybridized carbons (Fsp3) is 0.0909. The van der Waals surface area contributed by atoms with Crippen LogP contribution in [0.4, 0.5) is 28.4 Å². The van der Waals surface area contributed by atoms with E-state index in [0.29, 0.717) is 10.9 Å². The summed E-state index contributed by atoms with van der Waals surface area (Å²) in [4.78, 5) is 3.05. The molecule has 0 heterocycles. The van der Waals surface area contributed by atoms with Crippen molar-refractivity contribution in [1.82, 2.24) is 0 Å². The van der Waals surface area contributed by atoms with Gasteiger partial charge in [-0.2, -0.15) is 0 Å². The van der Waals surface area contributed by atoms with Crippen molar-refractivity contribution < 1.29 is 0 Å². The number of rotatable bonds is 7. The van der Waals surface area contributed by atoms with Gasteiger partial charge in [0.25, 0.3) is 0 Å². The average Bonchev–Trinajstić information content (AvgIpc) is 2.90. The summed E-state index contributed by atoms with van der Waals surface area (Å²) >= 11 is 11.0. The van der Waals surface area contributed by atoms with Crippen LogP contribution < -0.4 is 10.2 Å². The summed E-state index contributed by atoms with van der Waals surface area (Å²) in [5.74, 6) is 0.381. The third-order valence-electron chi connectivity index (χ3n) is 6.32. The second-order valence-electron chi connectivity index (χ2n) is 9.33. The van der Waals surface area contributed by atoms with Crippen LogP contribution in [0.25, 0.3) is 11.1 Å². The normalized spacial score (nSPS) is 10.9. The molecule has 0 saturated carbocycles. The molecule has 4 heteroatoms. The van der Waals surface area contributed by atoms with Crippen LogP contribution in [0.15, 0.2) is 126 Å². The van der Waals surface area contributed by atoms with Gasteiger partial charge in [0.15, 0.2) is 0 Å². The molecule has 5 rings (SSSR count). The third kappa shape index (κ3) is 5.85. The van der Waals surface area contributed by atoms with Gasteiger partial charge in [0.2, 0.25) is 0 Å². The van der Waals surface area contributed by atoms with E-state index in [1.807, 2.05) is 42.5 Å². The van der Waals surface area contributed by atoms with Gasteiger partial charge in [-0.1, -0.05) is 80.0 Å². The maximum Gasteiger partial charge on any atom is 0.0487 e. The number of hydrogen-bond acceptors (Lipinski definition) is 3. The first kappa shape index (κ1) is 25.0. The van der Waals surface area contributed by atoms with Gasteiger partial charge in [-0.3, -0.25) is 0 Å². The molecule has 0 aliphatic heterocycles. The molecule has 0 aromatic heterocycles. The fourth-order valence-electron chi connectivity index (χ4n) is 4.57. The zero-order valence-corrected chi connectivity index (χ0v) is 22.5. The molecule has 0 bridgehead atoms. The van der Waals surface area contributed by atoms with Crippen LogP contribution in [-0.4, -0.2) is 0 Å². The zero-order valence-electron chi connectivity index (χ0n) is 20.9. The summed E-state index contributed by atoms with van der Waals surface area (Å²) < 4.78 is 0. The van der Waals surface area contributed by atoms with E-state index in [-0.39, 0.29) is 0 Å². The van der Waals surface area contributed by atoms with E-state index in [1.165, 1.54) is 16.7 Å². The lowest BCUT2D eigenvalue weighted by Gasteiger charge is -2.27. The molecule has 0 spiro atoms. The largest absolute Gasteiger partial charge is 0.356 e. The van der Waals surface area contributed by atoms with Gasteiger partial charge in [-0.05, 0) is 89.3 Å². The van der Waals surface area contributed by atoms with Crippen LogP contribution in [0, 0.1) is 0 Å². The minimum absolute atomic E-state index is 0.381. The highest BCUT2D eigenvalue weighted by Gasteiger charge is 2.17. The minimum Gasteiger partial charge on any atom is -0.356 e. The Labute approximate surface area is 230 Å². The fourth-order valence-corrected chi connectivity index (χ4v) is 5.15. The van der Waals surface area contributed by atoms with Gasteiger partial charge in [0, 0.05) is 38.4 Å². The van der Waals surface area contributed by atoms with Crippen molar-refractivity contribution in [3.63, 3.8) is 0 Å². The molecular weight excluding hydrogens is 492 g/mol. The molecule has 5 aromatic carbocycles. The van der Waals surface area contributed by atoms with Crippen molar-refractivity contribution in [2.45, 2.75) is 24.7 Å². The molecule has 0 amide bonds. The molecule has 2 nitrogen and oxygen atoms in total. The number of halogens is 1. The van der Waals surface area contributed by atoms with Crippen LogP contribution in [0.2, 0.25) is 5.02 Å². The first-order valence-corrected chi connectivity index (χ1v) is 13.2. The molecule has 184 valence electrons. The molecule has 5 aromatic rings. The lowest BCUT2D eigenvalue weighted by molar-refractivity contribution is 0.869. The average molecular weight is 521 g/mol. The van der Waals surface area contributed by atoms with Crippen molar-refractivity contribution in [2.24, 2.45) is 0 Å². The number of hydrogen-bond donors (Lipinski definition) is 2. The Bertz CT molecular complexity index is 1460. The molecule has 1 N–H and O–H groups in total. The van der Waals surface area contributed by atoms with Crippen LogP contribution in [0.3, 0.4) is 0 Å². The Morgan fingerprint density at radius 1 is 0.649 bits per heavy atom. The van der Waals surface area contributed by atoms with E-state index in [4.69, 9.17) is 11.6 Å². The summed E-state index contributed by atoms with van der Waals surface area (Å²) in [5.41, 5.74) is 8.92. The maximum atomic E-state index is 6.45. The maximum absolute atomic E-state index is 6.45. The van der Waals surface area contributed by atoms with E-state index < -0.39 is 0 Å². The summed E-state index contributed by atoms with van der Waals surface area (Å²) in [6.45, 7) is 4.48. The van der Waals surface area contributed by atoms with Crippen molar-refractivity contribution >= 4 is 52.7 Å². The van der Waals surface area contributed by atoms with E-state index in [0.717, 1.165) is 33.3 Å². The lowest BCUT2D eigenvalue weighted by Crippen LogP contribution is -2.10. The zero-order chi connectivity index (χ0) is 25.8. The van der Waals surface area contributed by atoms with Crippen LogP contribution in [0.5, 0.6) is 0 Å². The predicted octanol–water partition coefficient (Wildman–Crippen LogP) is 10.6. The van der Waals surface area contributed by atoms with Crippen molar-refractivity contribution in [3.8, 4) is 11.1 Å². The van der Waals surface area contributed by atoms with E-state index in [2.05, 4.69) is 116 Å². The molecule has 0 atom stereocenters. The predicted molar refractivity (Wildman–Crippen MR) is 163 cm³/mol. The summed E-state index contributed by atoms with van der Waals surface area (Å²) in [5, 5.41) is 4.13. The molecule has 0 radical (unpaired) electrons. The van der Waals surface area contributed by atoms with Crippen molar-refractivity contribution in [2.75, 3.05) is 10.2 Å². The Hall–Kier alpha value is -3.66. The second-order valence-corrected chi connectivity index (χ2v) is 10.3. The highest BCUT2D eigenvalue weighted by Crippen LogP contribution is 2.40. The Kier molecular flexibility index (Phi) is 7.55. The molecule has 0 aliphatic rings. The molecule has 37 heavy (non-hydrogen) atoms. The number of thiol groups is 1. The summed E-state index contributed by atoms with van der Waals surface area (Å²) in [7, 11) is 0. The van der Waals surface area contributed by atoms with Crippen LogP contribution in [0.1, 0.15) is 25.3 Å². The van der Waals surface area contributed by atoms with Gasteiger partial charge in [-0.15, -0.1) is 12.6 Å². The van der Waals surface area contributed by atoms with Gasteiger partial charge in [-0.25, -0.2) is 0 Å². The Balaban J connectivity index is 1.58. The molecule has 0 aliphatic carbocycles. The number of para-hydroxylation sites is 2. The highest BCUT2D eigenvalue weighted by molar-refractivity contribution is 7.80. The van der Waals surface area contributed by atoms with Crippen LogP contribution in [-0.2, 0) is 0 Å². The Morgan fingerprint density at radius 2 is 1.30 bits per heavy atom. The van der Waals surface area contributed by atoms with Crippen LogP contribution >= 0.6 is 24.2 Å². The molecular formula is C33H29ClN2S. The topological polar surface area (TPSA) is 15.3 Å². The molecule has 0 fully saturated rings. The summed E-state index contributed by atoms with van der Waals surface area (Å²) in [6, 6.07) is 41.8. The molecule has 0 saturated heterocycles. The van der Waals surface area contributed by atoms with E-state index >= 15 is 0 Å². The van der Waals surface area contributed by atoms with Gasteiger partial charge < -0.3 is 10.2 Å². The standard InChI is InChI=1S/C33H29ClN2S/c1-23(2)32-18-17-29(36(28-11-7-4-8-12-28)30-19-25(34)20-31(37)21-30)22-33(32)24-13-15-27(16-14-24)35-26-9-5-3-6-10-26/h3-23,35,37H,1-2H3. The molecule has 0 unspecified atom stereocenters. The first-order valence-electron chi connectivity index (χ1n) is 12.4. The van der Waals surface area contributed by atoms with E-state index in [1.54, 1.807) is 0 Å². The smallest absolute Gasteiger partial charge is 0.0487 e. The third-order valence-corrected chi connectivity index (χ3v) is 6.79. The van der Waals surface area contributed by atoms with Crippen molar-refractivity contribution in [3.05, 3.63) is 132 Å². The second kappa shape index (κ2) is 11.2. The van der Waals surface area contributed by atoms with E-state index in [9.17, 15) is 0 Å². The lowest BCUT2D eigenvalue weighted by atomic mass is 9.91. The number of nitrogens with one attached hydrogen (secondary N) is 1. The first-order chi connectivity index (χ1) is 18.0. The van der Waals surface area contributed by atoms with Gasteiger partial charge in [0.1, 0.15) is 0 Å². The number of anilines is 5. The quantitative estimate of drug-likeness (QED) is 0.207. The van der Waals surface area contributed by atoms with Gasteiger partial charge >= 0.3 is 0 Å². The Morgan fingerprint density at radius 3 is 1.95 bits per heavy atom. The number of nitrogens with zero attached hydrogens (tertiary/aromatic N) is 1. The van der Waals surface area contributed by atoms with Crippen molar-refractivity contribution in [1.29, 1.82) is 0 Å². The minimum atomic E-state index is 0.381. The SMILES string of the molecule is CC(C)c1ccc(N(c2ccccc2)c2cc(S)cc(Cl)c2)cc1-c1ccc(Nc2ccccc2)cc1.